The number of aromatic nitrogens is 1. The number of hydrogen-bond acceptors (Lipinski definition) is 3. The monoisotopic (exact) mass is 360 g/mol. The van der Waals surface area contributed by atoms with Gasteiger partial charge in [-0.25, -0.2) is 9.37 Å². The lowest BCUT2D eigenvalue weighted by Crippen LogP contribution is -2.12. The molecule has 0 unspecified atom stereocenters. The van der Waals surface area contributed by atoms with Crippen molar-refractivity contribution in [3.63, 3.8) is 0 Å². The zero-order valence-electron chi connectivity index (χ0n) is 12.8. The Labute approximate surface area is 148 Å². The molecule has 3 rings (SSSR count). The van der Waals surface area contributed by atoms with E-state index in [1.54, 1.807) is 0 Å². The van der Waals surface area contributed by atoms with Gasteiger partial charge in [-0.3, -0.25) is 10.1 Å². The summed E-state index contributed by atoms with van der Waals surface area (Å²) in [6.07, 6.45) is 0.983. The number of thiazole rings is 1. The zero-order valence-corrected chi connectivity index (χ0v) is 14.4. The highest BCUT2D eigenvalue weighted by molar-refractivity contribution is 7.14. The van der Waals surface area contributed by atoms with Crippen molar-refractivity contribution >= 4 is 34.0 Å². The molecule has 122 valence electrons. The highest BCUT2D eigenvalue weighted by Gasteiger charge is 2.13. The number of carbonyl (C=O) groups is 1. The predicted octanol–water partition coefficient (Wildman–Crippen LogP) is 5.42. The van der Waals surface area contributed by atoms with Gasteiger partial charge >= 0.3 is 0 Å². The number of anilines is 1. The third-order valence-corrected chi connectivity index (χ3v) is 4.63. The van der Waals surface area contributed by atoms with Crippen LogP contribution in [0.1, 0.15) is 22.8 Å². The van der Waals surface area contributed by atoms with Gasteiger partial charge < -0.3 is 0 Å². The minimum Gasteiger partial charge on any atom is -0.298 e. The van der Waals surface area contributed by atoms with Gasteiger partial charge in [0.15, 0.2) is 5.13 Å². The van der Waals surface area contributed by atoms with E-state index in [0.717, 1.165) is 23.7 Å². The molecule has 1 heterocycles. The number of amides is 1. The molecule has 1 aromatic heterocycles. The van der Waals surface area contributed by atoms with Crippen LogP contribution < -0.4 is 5.32 Å². The van der Waals surface area contributed by atoms with Gasteiger partial charge in [0, 0.05) is 10.9 Å². The van der Waals surface area contributed by atoms with E-state index >= 15 is 0 Å². The van der Waals surface area contributed by atoms with E-state index in [4.69, 9.17) is 11.6 Å². The summed E-state index contributed by atoms with van der Waals surface area (Å²) in [4.78, 5) is 16.6. The molecule has 0 aliphatic rings. The van der Waals surface area contributed by atoms with E-state index < -0.39 is 11.7 Å². The van der Waals surface area contributed by atoms with Gasteiger partial charge in [-0.1, -0.05) is 42.8 Å². The lowest BCUT2D eigenvalue weighted by Gasteiger charge is -2.04. The molecule has 0 radical (unpaired) electrons. The number of nitrogens with one attached hydrogen (secondary N) is 1. The fourth-order valence-corrected chi connectivity index (χ4v) is 3.18. The average Bonchev–Trinajstić information content (AvgIpc) is 3.03. The molecule has 0 bridgehead atoms. The molecule has 1 amide bonds. The average molecular weight is 361 g/mol. The van der Waals surface area contributed by atoms with Crippen molar-refractivity contribution < 1.29 is 9.18 Å². The second kappa shape index (κ2) is 7.11. The molecule has 0 saturated carbocycles. The number of nitrogens with zero attached hydrogens (tertiary/aromatic N) is 1. The van der Waals surface area contributed by atoms with Gasteiger partial charge in [-0.2, -0.15) is 0 Å². The molecule has 0 fully saturated rings. The van der Waals surface area contributed by atoms with Crippen molar-refractivity contribution in [3.8, 4) is 11.3 Å². The summed E-state index contributed by atoms with van der Waals surface area (Å²) < 4.78 is 13.1. The zero-order chi connectivity index (χ0) is 17.1. The Balaban J connectivity index is 1.76. The van der Waals surface area contributed by atoms with Crippen molar-refractivity contribution in [1.82, 2.24) is 4.98 Å². The van der Waals surface area contributed by atoms with Gasteiger partial charge in [0.25, 0.3) is 5.91 Å². The van der Waals surface area contributed by atoms with Crippen LogP contribution in [0.5, 0.6) is 0 Å². The number of halogens is 2. The van der Waals surface area contributed by atoms with Crippen molar-refractivity contribution in [2.45, 2.75) is 13.3 Å². The molecule has 0 atom stereocenters. The summed E-state index contributed by atoms with van der Waals surface area (Å²) in [5, 5.41) is 5.11. The Hall–Kier alpha value is -2.24. The molecule has 6 heteroatoms. The van der Waals surface area contributed by atoms with Crippen LogP contribution >= 0.6 is 22.9 Å². The number of rotatable bonds is 4. The molecule has 0 spiro atoms. The lowest BCUT2D eigenvalue weighted by molar-refractivity contribution is 0.102. The van der Waals surface area contributed by atoms with Crippen LogP contribution in [0.2, 0.25) is 5.02 Å². The smallest absolute Gasteiger partial charge is 0.258 e. The first kappa shape index (κ1) is 16.6. The standard InChI is InChI=1S/C18H14ClFN2OS/c1-2-11-3-5-12(6-4-11)16-10-24-18(21-16)22-17(23)14-8-7-13(20)9-15(14)19/h3-10H,2H2,1H3,(H,21,22,23). The van der Waals surface area contributed by atoms with Crippen molar-refractivity contribution in [2.75, 3.05) is 5.32 Å². The second-order valence-corrected chi connectivity index (χ2v) is 6.43. The minimum atomic E-state index is -0.483. The summed E-state index contributed by atoms with van der Waals surface area (Å²) >= 11 is 7.23. The Morgan fingerprint density at radius 1 is 1.25 bits per heavy atom. The Morgan fingerprint density at radius 2 is 2.00 bits per heavy atom. The topological polar surface area (TPSA) is 42.0 Å². The summed E-state index contributed by atoms with van der Waals surface area (Å²) in [7, 11) is 0. The van der Waals surface area contributed by atoms with Crippen molar-refractivity contribution in [3.05, 3.63) is 69.8 Å². The van der Waals surface area contributed by atoms with Gasteiger partial charge in [-0.05, 0) is 30.2 Å². The number of benzene rings is 2. The first-order valence-corrected chi connectivity index (χ1v) is 8.64. The minimum absolute atomic E-state index is 0.0689. The highest BCUT2D eigenvalue weighted by atomic mass is 35.5. The molecule has 24 heavy (non-hydrogen) atoms. The maximum Gasteiger partial charge on any atom is 0.258 e. The number of hydrogen-bond donors (Lipinski definition) is 1. The molecule has 0 aliphatic carbocycles. The summed E-state index contributed by atoms with van der Waals surface area (Å²) in [5.74, 6) is -0.897. The van der Waals surface area contributed by atoms with Gasteiger partial charge in [0.1, 0.15) is 5.82 Å². The third kappa shape index (κ3) is 3.63. The predicted molar refractivity (Wildman–Crippen MR) is 96.3 cm³/mol. The van der Waals surface area contributed by atoms with E-state index in [2.05, 4.69) is 29.4 Å². The van der Waals surface area contributed by atoms with Crippen LogP contribution in [0.3, 0.4) is 0 Å². The Bertz CT molecular complexity index is 877. The van der Waals surface area contributed by atoms with Crippen LogP contribution in [-0.4, -0.2) is 10.9 Å². The quantitative estimate of drug-likeness (QED) is 0.675. The Kier molecular flexibility index (Phi) is 4.92. The van der Waals surface area contributed by atoms with E-state index in [0.29, 0.717) is 5.13 Å². The van der Waals surface area contributed by atoms with Crippen LogP contribution in [0.15, 0.2) is 47.8 Å². The highest BCUT2D eigenvalue weighted by Crippen LogP contribution is 2.26. The van der Waals surface area contributed by atoms with E-state index in [1.165, 1.54) is 29.0 Å². The molecular formula is C18H14ClFN2OS. The largest absolute Gasteiger partial charge is 0.298 e. The first-order chi connectivity index (χ1) is 11.6. The van der Waals surface area contributed by atoms with Crippen LogP contribution in [0.4, 0.5) is 9.52 Å². The first-order valence-electron chi connectivity index (χ1n) is 7.38. The van der Waals surface area contributed by atoms with Crippen LogP contribution in [-0.2, 0) is 6.42 Å². The van der Waals surface area contributed by atoms with Crippen molar-refractivity contribution in [2.24, 2.45) is 0 Å². The van der Waals surface area contributed by atoms with Gasteiger partial charge in [-0.15, -0.1) is 11.3 Å². The molecular weight excluding hydrogens is 347 g/mol. The fraction of sp³-hybridized carbons (Fsp3) is 0.111. The van der Waals surface area contributed by atoms with Crippen LogP contribution in [0.25, 0.3) is 11.3 Å². The van der Waals surface area contributed by atoms with E-state index in [9.17, 15) is 9.18 Å². The van der Waals surface area contributed by atoms with Crippen LogP contribution in [0, 0.1) is 5.82 Å². The number of aryl methyl sites for hydroxylation is 1. The molecule has 2 aromatic carbocycles. The molecule has 3 aromatic rings. The SMILES string of the molecule is CCc1ccc(-c2csc(NC(=O)c3ccc(F)cc3Cl)n2)cc1. The van der Waals surface area contributed by atoms with E-state index in [-0.39, 0.29) is 10.6 Å². The molecule has 0 aliphatic heterocycles. The van der Waals surface area contributed by atoms with Crippen molar-refractivity contribution in [1.29, 1.82) is 0 Å². The normalized spacial score (nSPS) is 10.6. The van der Waals surface area contributed by atoms with Gasteiger partial charge in [0.05, 0.1) is 16.3 Å². The number of carbonyl (C=O) groups excluding carboxylic acids is 1. The Morgan fingerprint density at radius 3 is 2.67 bits per heavy atom. The summed E-state index contributed by atoms with van der Waals surface area (Å²) in [6.45, 7) is 2.10. The summed E-state index contributed by atoms with van der Waals surface area (Å²) in [5.41, 5.74) is 3.25. The maximum atomic E-state index is 13.1. The lowest BCUT2D eigenvalue weighted by atomic mass is 10.1. The second-order valence-electron chi connectivity index (χ2n) is 5.17. The molecule has 1 N–H and O–H groups in total. The third-order valence-electron chi connectivity index (χ3n) is 3.56. The molecule has 0 saturated heterocycles. The van der Waals surface area contributed by atoms with E-state index in [1.807, 2.05) is 17.5 Å². The summed E-state index contributed by atoms with van der Waals surface area (Å²) in [6, 6.07) is 11.8. The molecule has 3 nitrogen and oxygen atoms in total. The fourth-order valence-electron chi connectivity index (χ4n) is 2.21. The van der Waals surface area contributed by atoms with Gasteiger partial charge in [0.2, 0.25) is 0 Å². The maximum absolute atomic E-state index is 13.1.